The van der Waals surface area contributed by atoms with Gasteiger partial charge in [-0.1, -0.05) is 12.1 Å². The second kappa shape index (κ2) is 8.59. The number of methoxy groups -OCH3 is 2. The standard InChI is InChI=1S/C19H22N4O4/c1-26-8-7-23-11-13(9-18(23)24)19(25)22-17-10-15(20-12-21-17)14-5-3-4-6-16(14)27-2/h3-6,10,12-13H,7-9,11H2,1-2H3,(H,20,21,22,25). The van der Waals surface area contributed by atoms with Crippen LogP contribution in [0.3, 0.4) is 0 Å². The SMILES string of the molecule is COCCN1CC(C(=O)Nc2cc(-c3ccccc3OC)ncn2)CC1=O. The molecule has 27 heavy (non-hydrogen) atoms. The number of benzene rings is 1. The van der Waals surface area contributed by atoms with Crippen molar-refractivity contribution in [2.24, 2.45) is 5.92 Å². The van der Waals surface area contributed by atoms with Crippen molar-refractivity contribution in [2.45, 2.75) is 6.42 Å². The molecule has 2 aromatic rings. The number of carbonyl (C=O) groups is 2. The van der Waals surface area contributed by atoms with Gasteiger partial charge in [0.2, 0.25) is 11.8 Å². The van der Waals surface area contributed by atoms with Gasteiger partial charge in [-0.3, -0.25) is 9.59 Å². The summed E-state index contributed by atoms with van der Waals surface area (Å²) in [5.74, 6) is 0.402. The Labute approximate surface area is 157 Å². The van der Waals surface area contributed by atoms with Crippen molar-refractivity contribution in [1.82, 2.24) is 14.9 Å². The van der Waals surface area contributed by atoms with E-state index in [9.17, 15) is 9.59 Å². The van der Waals surface area contributed by atoms with Crippen LogP contribution in [0.15, 0.2) is 36.7 Å². The van der Waals surface area contributed by atoms with Crippen molar-refractivity contribution in [3.8, 4) is 17.0 Å². The molecule has 1 aromatic carbocycles. The van der Waals surface area contributed by atoms with Gasteiger partial charge in [0.15, 0.2) is 0 Å². The normalized spacial score (nSPS) is 16.4. The average molecular weight is 370 g/mol. The number of ether oxygens (including phenoxy) is 2. The summed E-state index contributed by atoms with van der Waals surface area (Å²) in [6.45, 7) is 1.33. The molecule has 1 saturated heterocycles. The smallest absolute Gasteiger partial charge is 0.230 e. The fourth-order valence-electron chi connectivity index (χ4n) is 3.02. The molecule has 3 rings (SSSR count). The van der Waals surface area contributed by atoms with E-state index >= 15 is 0 Å². The molecule has 1 atom stereocenters. The third kappa shape index (κ3) is 4.40. The average Bonchev–Trinajstić information content (AvgIpc) is 3.07. The Hall–Kier alpha value is -3.00. The van der Waals surface area contributed by atoms with E-state index in [2.05, 4.69) is 15.3 Å². The van der Waals surface area contributed by atoms with E-state index in [0.29, 0.717) is 37.0 Å². The Morgan fingerprint density at radius 1 is 1.30 bits per heavy atom. The minimum atomic E-state index is -0.404. The first-order chi connectivity index (χ1) is 13.1. The highest BCUT2D eigenvalue weighted by Crippen LogP contribution is 2.29. The Morgan fingerprint density at radius 2 is 2.11 bits per heavy atom. The summed E-state index contributed by atoms with van der Waals surface area (Å²) in [5.41, 5.74) is 1.45. The van der Waals surface area contributed by atoms with Gasteiger partial charge in [-0.05, 0) is 12.1 Å². The van der Waals surface area contributed by atoms with Gasteiger partial charge in [-0.25, -0.2) is 9.97 Å². The minimum absolute atomic E-state index is 0.0374. The van der Waals surface area contributed by atoms with Crippen LogP contribution in [0.25, 0.3) is 11.3 Å². The fourth-order valence-corrected chi connectivity index (χ4v) is 3.02. The number of para-hydroxylation sites is 1. The van der Waals surface area contributed by atoms with Crippen LogP contribution in [-0.2, 0) is 14.3 Å². The van der Waals surface area contributed by atoms with Crippen LogP contribution < -0.4 is 10.1 Å². The van der Waals surface area contributed by atoms with Crippen molar-refractivity contribution in [3.05, 3.63) is 36.7 Å². The number of amides is 2. The minimum Gasteiger partial charge on any atom is -0.496 e. The molecule has 2 heterocycles. The largest absolute Gasteiger partial charge is 0.496 e. The molecule has 1 aliphatic heterocycles. The Morgan fingerprint density at radius 3 is 2.89 bits per heavy atom. The first-order valence-corrected chi connectivity index (χ1v) is 8.65. The zero-order valence-corrected chi connectivity index (χ0v) is 15.3. The number of likely N-dealkylation sites (tertiary alicyclic amines) is 1. The van der Waals surface area contributed by atoms with E-state index < -0.39 is 5.92 Å². The van der Waals surface area contributed by atoms with Gasteiger partial charge in [0.1, 0.15) is 17.9 Å². The number of hydrogen-bond acceptors (Lipinski definition) is 6. The van der Waals surface area contributed by atoms with Crippen molar-refractivity contribution in [3.63, 3.8) is 0 Å². The van der Waals surface area contributed by atoms with Crippen molar-refractivity contribution >= 4 is 17.6 Å². The van der Waals surface area contributed by atoms with Crippen LogP contribution >= 0.6 is 0 Å². The predicted molar refractivity (Wildman–Crippen MR) is 99.2 cm³/mol. The molecule has 0 spiro atoms. The van der Waals surface area contributed by atoms with E-state index in [1.165, 1.54) is 6.33 Å². The number of aromatic nitrogens is 2. The molecule has 0 bridgehead atoms. The molecule has 1 N–H and O–H groups in total. The zero-order chi connectivity index (χ0) is 19.2. The van der Waals surface area contributed by atoms with Crippen molar-refractivity contribution in [2.75, 3.05) is 39.2 Å². The number of carbonyl (C=O) groups excluding carboxylic acids is 2. The molecule has 0 radical (unpaired) electrons. The summed E-state index contributed by atoms with van der Waals surface area (Å²) >= 11 is 0. The lowest BCUT2D eigenvalue weighted by molar-refractivity contribution is -0.128. The van der Waals surface area contributed by atoms with E-state index in [4.69, 9.17) is 9.47 Å². The summed E-state index contributed by atoms with van der Waals surface area (Å²) < 4.78 is 10.4. The summed E-state index contributed by atoms with van der Waals surface area (Å²) in [5, 5.41) is 2.79. The highest BCUT2D eigenvalue weighted by molar-refractivity contribution is 5.96. The maximum absolute atomic E-state index is 12.5. The third-order valence-electron chi connectivity index (χ3n) is 4.45. The lowest BCUT2D eigenvalue weighted by Gasteiger charge is -2.15. The maximum Gasteiger partial charge on any atom is 0.230 e. The van der Waals surface area contributed by atoms with Crippen LogP contribution in [0.4, 0.5) is 5.82 Å². The first-order valence-electron chi connectivity index (χ1n) is 8.65. The highest BCUT2D eigenvalue weighted by atomic mass is 16.5. The molecule has 2 amide bonds. The number of anilines is 1. The van der Waals surface area contributed by atoms with E-state index in [-0.39, 0.29) is 18.2 Å². The molecule has 1 unspecified atom stereocenters. The molecule has 1 aliphatic rings. The van der Waals surface area contributed by atoms with E-state index in [1.54, 1.807) is 25.2 Å². The molecule has 0 saturated carbocycles. The van der Waals surface area contributed by atoms with Crippen LogP contribution in [0.1, 0.15) is 6.42 Å². The van der Waals surface area contributed by atoms with Gasteiger partial charge in [-0.2, -0.15) is 0 Å². The van der Waals surface area contributed by atoms with Crippen LogP contribution in [-0.4, -0.2) is 60.6 Å². The van der Waals surface area contributed by atoms with Gasteiger partial charge in [0.25, 0.3) is 0 Å². The molecule has 8 nitrogen and oxygen atoms in total. The monoisotopic (exact) mass is 370 g/mol. The maximum atomic E-state index is 12.5. The Kier molecular flexibility index (Phi) is 5.97. The van der Waals surface area contributed by atoms with Crippen LogP contribution in [0, 0.1) is 5.92 Å². The third-order valence-corrected chi connectivity index (χ3v) is 4.45. The summed E-state index contributed by atoms with van der Waals surface area (Å²) in [6, 6.07) is 9.18. The predicted octanol–water partition coefficient (Wildman–Crippen LogP) is 1.59. The van der Waals surface area contributed by atoms with Gasteiger partial charge < -0.3 is 19.7 Å². The van der Waals surface area contributed by atoms with E-state index in [1.807, 2.05) is 24.3 Å². The molecule has 0 aliphatic carbocycles. The quantitative estimate of drug-likeness (QED) is 0.795. The Bertz CT molecular complexity index is 827. The molecular formula is C19H22N4O4. The topological polar surface area (TPSA) is 93.7 Å². The van der Waals surface area contributed by atoms with Crippen LogP contribution in [0.5, 0.6) is 5.75 Å². The van der Waals surface area contributed by atoms with Gasteiger partial charge in [0, 0.05) is 38.2 Å². The molecular weight excluding hydrogens is 348 g/mol. The summed E-state index contributed by atoms with van der Waals surface area (Å²) in [7, 11) is 3.17. The lowest BCUT2D eigenvalue weighted by Crippen LogP contribution is -2.30. The second-order valence-corrected chi connectivity index (χ2v) is 6.21. The fraction of sp³-hybridized carbons (Fsp3) is 0.368. The molecule has 1 aromatic heterocycles. The molecule has 1 fully saturated rings. The van der Waals surface area contributed by atoms with Crippen LogP contribution in [0.2, 0.25) is 0 Å². The summed E-state index contributed by atoms with van der Waals surface area (Å²) in [4.78, 5) is 34.6. The highest BCUT2D eigenvalue weighted by Gasteiger charge is 2.34. The Balaban J connectivity index is 1.70. The van der Waals surface area contributed by atoms with Crippen molar-refractivity contribution in [1.29, 1.82) is 0 Å². The number of hydrogen-bond donors (Lipinski definition) is 1. The zero-order valence-electron chi connectivity index (χ0n) is 15.3. The molecule has 142 valence electrons. The first kappa shape index (κ1) is 18.8. The van der Waals surface area contributed by atoms with Gasteiger partial charge in [-0.15, -0.1) is 0 Å². The second-order valence-electron chi connectivity index (χ2n) is 6.21. The van der Waals surface area contributed by atoms with E-state index in [0.717, 1.165) is 5.56 Å². The molecule has 8 heteroatoms. The summed E-state index contributed by atoms with van der Waals surface area (Å²) in [6.07, 6.45) is 1.59. The van der Waals surface area contributed by atoms with Gasteiger partial charge >= 0.3 is 0 Å². The number of nitrogens with zero attached hydrogens (tertiary/aromatic N) is 3. The lowest BCUT2D eigenvalue weighted by atomic mass is 10.1. The van der Waals surface area contributed by atoms with Gasteiger partial charge in [0.05, 0.1) is 25.3 Å². The van der Waals surface area contributed by atoms with Crippen molar-refractivity contribution < 1.29 is 19.1 Å². The number of nitrogens with one attached hydrogen (secondary N) is 1. The number of rotatable bonds is 7.